The average Bonchev–Trinajstić information content (AvgIpc) is 2.64. The van der Waals surface area contributed by atoms with Gasteiger partial charge in [-0.3, -0.25) is 0 Å². The summed E-state index contributed by atoms with van der Waals surface area (Å²) < 4.78 is 27.1. The Balaban J connectivity index is 2.06. The van der Waals surface area contributed by atoms with Crippen molar-refractivity contribution in [3.63, 3.8) is 0 Å². The summed E-state index contributed by atoms with van der Waals surface area (Å²) in [6.45, 7) is 6.86. The SMILES string of the molecule is C#CCNC(=NCc1ccc(S(=O)(=O)N2CCCC(C)C2)cc1)NCC. The van der Waals surface area contributed by atoms with E-state index in [0.717, 1.165) is 24.9 Å². The smallest absolute Gasteiger partial charge is 0.243 e. The van der Waals surface area contributed by atoms with Crippen LogP contribution in [-0.2, 0) is 16.6 Å². The first-order chi connectivity index (χ1) is 12.5. The highest BCUT2D eigenvalue weighted by molar-refractivity contribution is 7.89. The number of piperidine rings is 1. The number of hydrogen-bond acceptors (Lipinski definition) is 3. The van der Waals surface area contributed by atoms with Gasteiger partial charge in [-0.05, 0) is 43.4 Å². The molecule has 7 heteroatoms. The van der Waals surface area contributed by atoms with Gasteiger partial charge in [0.1, 0.15) is 0 Å². The fraction of sp³-hybridized carbons (Fsp3) is 0.526. The van der Waals surface area contributed by atoms with E-state index in [1.165, 1.54) is 0 Å². The number of guanidine groups is 1. The van der Waals surface area contributed by atoms with Crippen LogP contribution in [0.3, 0.4) is 0 Å². The van der Waals surface area contributed by atoms with Crippen molar-refractivity contribution in [2.45, 2.75) is 38.1 Å². The van der Waals surface area contributed by atoms with Crippen molar-refractivity contribution < 1.29 is 8.42 Å². The minimum Gasteiger partial charge on any atom is -0.357 e. The molecule has 0 aliphatic carbocycles. The lowest BCUT2D eigenvalue weighted by Crippen LogP contribution is -2.39. The fourth-order valence-corrected chi connectivity index (χ4v) is 4.53. The highest BCUT2D eigenvalue weighted by atomic mass is 32.2. The zero-order valence-electron chi connectivity index (χ0n) is 15.5. The summed E-state index contributed by atoms with van der Waals surface area (Å²) in [5.41, 5.74) is 0.939. The zero-order chi connectivity index (χ0) is 19.0. The van der Waals surface area contributed by atoms with Gasteiger partial charge < -0.3 is 10.6 Å². The lowest BCUT2D eigenvalue weighted by Gasteiger charge is -2.30. The Kier molecular flexibility index (Phi) is 7.49. The van der Waals surface area contributed by atoms with E-state index in [4.69, 9.17) is 6.42 Å². The first kappa shape index (κ1) is 20.3. The van der Waals surface area contributed by atoms with Crippen LogP contribution in [-0.4, -0.2) is 44.9 Å². The molecular formula is C19H28N4O2S. The van der Waals surface area contributed by atoms with Crippen molar-refractivity contribution >= 4 is 16.0 Å². The van der Waals surface area contributed by atoms with E-state index < -0.39 is 10.0 Å². The summed E-state index contributed by atoms with van der Waals surface area (Å²) in [4.78, 5) is 4.80. The molecule has 1 aromatic carbocycles. The van der Waals surface area contributed by atoms with E-state index in [-0.39, 0.29) is 0 Å². The summed E-state index contributed by atoms with van der Waals surface area (Å²) in [5, 5.41) is 6.13. The van der Waals surface area contributed by atoms with Crippen molar-refractivity contribution in [2.24, 2.45) is 10.9 Å². The maximum atomic E-state index is 12.8. The largest absolute Gasteiger partial charge is 0.357 e. The van der Waals surface area contributed by atoms with Crippen molar-refractivity contribution in [2.75, 3.05) is 26.2 Å². The molecule has 0 saturated carbocycles. The second-order valence-electron chi connectivity index (χ2n) is 6.51. The minimum atomic E-state index is -3.41. The molecule has 0 radical (unpaired) electrons. The van der Waals surface area contributed by atoms with E-state index in [0.29, 0.717) is 43.0 Å². The molecule has 1 aliphatic heterocycles. The van der Waals surface area contributed by atoms with E-state index in [2.05, 4.69) is 28.5 Å². The second kappa shape index (κ2) is 9.60. The van der Waals surface area contributed by atoms with Crippen molar-refractivity contribution in [1.82, 2.24) is 14.9 Å². The maximum absolute atomic E-state index is 12.8. The summed E-state index contributed by atoms with van der Waals surface area (Å²) in [6.07, 6.45) is 7.26. The van der Waals surface area contributed by atoms with E-state index in [1.807, 2.05) is 19.1 Å². The number of sulfonamides is 1. The molecule has 26 heavy (non-hydrogen) atoms. The number of nitrogens with zero attached hydrogens (tertiary/aromatic N) is 2. The van der Waals surface area contributed by atoms with Gasteiger partial charge in [0.05, 0.1) is 18.0 Å². The van der Waals surface area contributed by atoms with Crippen LogP contribution in [0, 0.1) is 18.3 Å². The van der Waals surface area contributed by atoms with Gasteiger partial charge in [-0.15, -0.1) is 6.42 Å². The molecular weight excluding hydrogens is 348 g/mol. The van der Waals surface area contributed by atoms with Gasteiger partial charge in [0.25, 0.3) is 0 Å². The Morgan fingerprint density at radius 2 is 2.08 bits per heavy atom. The third kappa shape index (κ3) is 5.48. The summed E-state index contributed by atoms with van der Waals surface area (Å²) >= 11 is 0. The molecule has 142 valence electrons. The van der Waals surface area contributed by atoms with E-state index in [9.17, 15) is 8.42 Å². The quantitative estimate of drug-likeness (QED) is 0.451. The lowest BCUT2D eigenvalue weighted by molar-refractivity contribution is 0.281. The topological polar surface area (TPSA) is 73.8 Å². The Labute approximate surface area is 157 Å². The number of benzene rings is 1. The Morgan fingerprint density at radius 3 is 2.69 bits per heavy atom. The lowest BCUT2D eigenvalue weighted by atomic mass is 10.0. The molecule has 1 aliphatic rings. The van der Waals surface area contributed by atoms with E-state index >= 15 is 0 Å². The predicted molar refractivity (Wildman–Crippen MR) is 105 cm³/mol. The van der Waals surface area contributed by atoms with Crippen molar-refractivity contribution in [3.8, 4) is 12.3 Å². The molecule has 6 nitrogen and oxygen atoms in total. The van der Waals surface area contributed by atoms with Crippen LogP contribution >= 0.6 is 0 Å². The normalized spacial score (nSPS) is 19.0. The monoisotopic (exact) mass is 376 g/mol. The molecule has 2 rings (SSSR count). The Bertz CT molecular complexity index is 751. The number of hydrogen-bond donors (Lipinski definition) is 2. The highest BCUT2D eigenvalue weighted by Crippen LogP contribution is 2.23. The van der Waals surface area contributed by atoms with Gasteiger partial charge in [-0.1, -0.05) is 25.0 Å². The molecule has 0 amide bonds. The Morgan fingerprint density at radius 1 is 1.35 bits per heavy atom. The highest BCUT2D eigenvalue weighted by Gasteiger charge is 2.28. The van der Waals surface area contributed by atoms with Crippen LogP contribution in [0.15, 0.2) is 34.2 Å². The van der Waals surface area contributed by atoms with Crippen LogP contribution in [0.2, 0.25) is 0 Å². The van der Waals surface area contributed by atoms with Crippen LogP contribution in [0.1, 0.15) is 32.3 Å². The average molecular weight is 377 g/mol. The van der Waals surface area contributed by atoms with Gasteiger partial charge >= 0.3 is 0 Å². The predicted octanol–water partition coefficient (Wildman–Crippen LogP) is 1.80. The van der Waals surface area contributed by atoms with Crippen LogP contribution in [0.4, 0.5) is 0 Å². The molecule has 0 spiro atoms. The first-order valence-corrected chi connectivity index (χ1v) is 10.5. The number of aliphatic imine (C=N–C) groups is 1. The van der Waals surface area contributed by atoms with Crippen molar-refractivity contribution in [3.05, 3.63) is 29.8 Å². The third-order valence-corrected chi connectivity index (χ3v) is 6.18. The van der Waals surface area contributed by atoms with Gasteiger partial charge in [0.2, 0.25) is 10.0 Å². The van der Waals surface area contributed by atoms with Gasteiger partial charge in [0.15, 0.2) is 5.96 Å². The van der Waals surface area contributed by atoms with Crippen molar-refractivity contribution in [1.29, 1.82) is 0 Å². The number of rotatable bonds is 6. The van der Waals surface area contributed by atoms with Crippen LogP contribution in [0.25, 0.3) is 0 Å². The fourth-order valence-electron chi connectivity index (χ4n) is 2.93. The molecule has 0 aromatic heterocycles. The van der Waals surface area contributed by atoms with Crippen LogP contribution in [0.5, 0.6) is 0 Å². The van der Waals surface area contributed by atoms with Crippen LogP contribution < -0.4 is 10.6 Å². The van der Waals surface area contributed by atoms with Gasteiger partial charge in [-0.2, -0.15) is 4.31 Å². The minimum absolute atomic E-state index is 0.344. The molecule has 2 N–H and O–H groups in total. The Hall–Kier alpha value is -2.04. The van der Waals surface area contributed by atoms with E-state index in [1.54, 1.807) is 16.4 Å². The summed E-state index contributed by atoms with van der Waals surface area (Å²) in [7, 11) is -3.41. The first-order valence-electron chi connectivity index (χ1n) is 9.02. The summed E-state index contributed by atoms with van der Waals surface area (Å²) in [5.74, 6) is 3.56. The molecule has 1 unspecified atom stereocenters. The maximum Gasteiger partial charge on any atom is 0.243 e. The number of nitrogens with one attached hydrogen (secondary N) is 2. The molecule has 1 heterocycles. The molecule has 1 atom stereocenters. The summed E-state index contributed by atoms with van der Waals surface area (Å²) in [6, 6.07) is 6.96. The molecule has 0 bridgehead atoms. The third-order valence-electron chi connectivity index (χ3n) is 4.30. The molecule has 1 fully saturated rings. The molecule has 1 aromatic rings. The second-order valence-corrected chi connectivity index (χ2v) is 8.45. The zero-order valence-corrected chi connectivity index (χ0v) is 16.3. The number of terminal acetylenes is 1. The van der Waals surface area contributed by atoms with Gasteiger partial charge in [-0.25, -0.2) is 13.4 Å². The van der Waals surface area contributed by atoms with Gasteiger partial charge in [0, 0.05) is 19.6 Å². The standard InChI is InChI=1S/C19H28N4O2S/c1-4-12-21-19(20-5-2)22-14-17-8-10-18(11-9-17)26(24,25)23-13-6-7-16(3)15-23/h1,8-11,16H,5-7,12-15H2,2-3H3,(H2,20,21,22). The molecule has 1 saturated heterocycles.